The number of hydrogen-bond acceptors (Lipinski definition) is 0. The molecule has 1 aliphatic carbocycles. The molecule has 13 rings (SSSR count). The fourth-order valence-electron chi connectivity index (χ4n) is 10.5. The van der Waals surface area contributed by atoms with Crippen LogP contribution in [0.1, 0.15) is 0 Å². The Balaban J connectivity index is 1.15. The Kier molecular flexibility index (Phi) is 7.37. The molecule has 282 valence electrons. The first-order chi connectivity index (χ1) is 30.3. The number of benzene rings is 11. The Labute approximate surface area is 354 Å². The molecule has 0 saturated heterocycles. The lowest BCUT2D eigenvalue weighted by Crippen LogP contribution is -2.00. The lowest BCUT2D eigenvalue weighted by atomic mass is 9.77. The first kappa shape index (κ1) is 33.9. The zero-order chi connectivity index (χ0) is 40.0. The summed E-state index contributed by atoms with van der Waals surface area (Å²) in [6, 6.07) is 83.4. The smallest absolute Gasteiger partial charge is 0.0541 e. The maximum Gasteiger partial charge on any atom is 0.0541 e. The molecule has 0 aliphatic heterocycles. The minimum atomic E-state index is 1.16. The van der Waals surface area contributed by atoms with Gasteiger partial charge in [0.15, 0.2) is 0 Å². The summed E-state index contributed by atoms with van der Waals surface area (Å²) in [6.45, 7) is 0. The minimum Gasteiger partial charge on any atom is -0.309 e. The van der Waals surface area contributed by atoms with E-state index >= 15 is 0 Å². The molecule has 1 aliphatic rings. The predicted molar refractivity (Wildman–Crippen MR) is 259 cm³/mol. The van der Waals surface area contributed by atoms with Gasteiger partial charge >= 0.3 is 0 Å². The average Bonchev–Trinajstić information content (AvgIpc) is 3.67. The van der Waals surface area contributed by atoms with E-state index in [-0.39, 0.29) is 0 Å². The maximum atomic E-state index is 2.47. The molecule has 0 fully saturated rings. The molecule has 0 atom stereocenters. The summed E-state index contributed by atoms with van der Waals surface area (Å²) in [4.78, 5) is 0. The normalized spacial score (nSPS) is 11.9. The Morgan fingerprint density at radius 2 is 0.639 bits per heavy atom. The van der Waals surface area contributed by atoms with Gasteiger partial charge in [0, 0.05) is 16.5 Å². The van der Waals surface area contributed by atoms with Gasteiger partial charge in [-0.2, -0.15) is 0 Å². The monoisotopic (exact) mass is 771 g/mol. The number of aromatic nitrogens is 1. The summed E-state index contributed by atoms with van der Waals surface area (Å²) in [5.41, 5.74) is 18.3. The highest BCUT2D eigenvalue weighted by molar-refractivity contribution is 6.26. The molecule has 0 saturated carbocycles. The zero-order valence-electron chi connectivity index (χ0n) is 33.3. The van der Waals surface area contributed by atoms with Gasteiger partial charge in [0.25, 0.3) is 0 Å². The van der Waals surface area contributed by atoms with E-state index in [0.717, 1.165) is 5.69 Å². The van der Waals surface area contributed by atoms with Crippen molar-refractivity contribution in [1.29, 1.82) is 0 Å². The van der Waals surface area contributed by atoms with Crippen LogP contribution in [0, 0.1) is 0 Å². The molecule has 11 aromatic carbocycles. The van der Waals surface area contributed by atoms with Crippen LogP contribution in [0.15, 0.2) is 224 Å². The molecule has 1 heterocycles. The van der Waals surface area contributed by atoms with Crippen LogP contribution in [-0.4, -0.2) is 4.57 Å². The molecular weight excluding hydrogens is 735 g/mol. The van der Waals surface area contributed by atoms with Crippen LogP contribution in [0.25, 0.3) is 127 Å². The van der Waals surface area contributed by atoms with Crippen LogP contribution in [0.2, 0.25) is 0 Å². The topological polar surface area (TPSA) is 4.93 Å². The number of para-hydroxylation sites is 2. The lowest BCUT2D eigenvalue weighted by molar-refractivity contribution is 1.18. The van der Waals surface area contributed by atoms with E-state index in [0.29, 0.717) is 0 Å². The van der Waals surface area contributed by atoms with Crippen LogP contribution in [0.3, 0.4) is 0 Å². The second-order valence-corrected chi connectivity index (χ2v) is 16.4. The summed E-state index contributed by atoms with van der Waals surface area (Å²) in [7, 11) is 0. The number of rotatable bonds is 3. The Hall–Kier alpha value is -8.00. The van der Waals surface area contributed by atoms with Crippen molar-refractivity contribution >= 4 is 54.1 Å². The van der Waals surface area contributed by atoms with Gasteiger partial charge in [-0.05, 0) is 148 Å². The van der Waals surface area contributed by atoms with Crippen molar-refractivity contribution in [3.05, 3.63) is 224 Å². The first-order valence-corrected chi connectivity index (χ1v) is 21.2. The Morgan fingerprint density at radius 1 is 0.213 bits per heavy atom. The highest BCUT2D eigenvalue weighted by atomic mass is 15.0. The van der Waals surface area contributed by atoms with E-state index in [9.17, 15) is 0 Å². The third-order valence-corrected chi connectivity index (χ3v) is 13.1. The zero-order valence-corrected chi connectivity index (χ0v) is 33.3. The third kappa shape index (κ3) is 5.08. The van der Waals surface area contributed by atoms with Crippen molar-refractivity contribution in [1.82, 2.24) is 4.57 Å². The van der Waals surface area contributed by atoms with Crippen molar-refractivity contribution in [3.8, 4) is 72.4 Å². The molecule has 1 heteroatoms. The second-order valence-electron chi connectivity index (χ2n) is 16.4. The molecule has 61 heavy (non-hydrogen) atoms. The van der Waals surface area contributed by atoms with Crippen molar-refractivity contribution in [2.24, 2.45) is 0 Å². The quantitative estimate of drug-likeness (QED) is 0.158. The molecule has 1 nitrogen and oxygen atoms in total. The summed E-state index contributed by atoms with van der Waals surface area (Å²) in [5.74, 6) is 0. The third-order valence-electron chi connectivity index (χ3n) is 13.1. The largest absolute Gasteiger partial charge is 0.309 e. The van der Waals surface area contributed by atoms with Gasteiger partial charge in [-0.3, -0.25) is 0 Å². The predicted octanol–water partition coefficient (Wildman–Crippen LogP) is 16.6. The van der Waals surface area contributed by atoms with Crippen molar-refractivity contribution in [2.45, 2.75) is 0 Å². The van der Waals surface area contributed by atoms with Crippen LogP contribution < -0.4 is 0 Å². The van der Waals surface area contributed by atoms with Crippen LogP contribution in [0.5, 0.6) is 0 Å². The van der Waals surface area contributed by atoms with E-state index in [4.69, 9.17) is 0 Å². The van der Waals surface area contributed by atoms with Crippen molar-refractivity contribution in [2.75, 3.05) is 0 Å². The van der Waals surface area contributed by atoms with E-state index in [2.05, 4.69) is 229 Å². The van der Waals surface area contributed by atoms with Crippen LogP contribution in [-0.2, 0) is 0 Å². The van der Waals surface area contributed by atoms with Crippen LogP contribution in [0.4, 0.5) is 0 Å². The molecule has 0 radical (unpaired) electrons. The number of nitrogens with zero attached hydrogens (tertiary/aromatic N) is 1. The van der Waals surface area contributed by atoms with Gasteiger partial charge in [-0.15, -0.1) is 0 Å². The molecular formula is C60H37N. The van der Waals surface area contributed by atoms with Gasteiger partial charge in [-0.1, -0.05) is 176 Å². The van der Waals surface area contributed by atoms with Crippen LogP contribution >= 0.6 is 0 Å². The Bertz CT molecular complexity index is 3720. The van der Waals surface area contributed by atoms with E-state index in [1.165, 1.54) is 121 Å². The highest BCUT2D eigenvalue weighted by Gasteiger charge is 2.26. The summed E-state index contributed by atoms with van der Waals surface area (Å²) in [5, 5.41) is 10.2. The van der Waals surface area contributed by atoms with Gasteiger partial charge in [0.1, 0.15) is 0 Å². The van der Waals surface area contributed by atoms with Gasteiger partial charge in [-0.25, -0.2) is 0 Å². The van der Waals surface area contributed by atoms with Crippen molar-refractivity contribution in [3.63, 3.8) is 0 Å². The molecule has 0 N–H and O–H groups in total. The van der Waals surface area contributed by atoms with Gasteiger partial charge in [0.2, 0.25) is 0 Å². The molecule has 0 unspecified atom stereocenters. The summed E-state index contributed by atoms with van der Waals surface area (Å²) < 4.78 is 2.40. The lowest BCUT2D eigenvalue weighted by Gasteiger charge is -2.26. The molecule has 0 spiro atoms. The van der Waals surface area contributed by atoms with Gasteiger partial charge < -0.3 is 4.57 Å². The molecule has 0 amide bonds. The molecule has 1 aromatic heterocycles. The molecule has 0 bridgehead atoms. The fourth-order valence-corrected chi connectivity index (χ4v) is 10.5. The van der Waals surface area contributed by atoms with E-state index in [1.54, 1.807) is 0 Å². The minimum absolute atomic E-state index is 1.16. The highest BCUT2D eigenvalue weighted by Crippen LogP contribution is 2.52. The summed E-state index contributed by atoms with van der Waals surface area (Å²) >= 11 is 0. The standard InChI is InChI=1S/C60H37N/c1-2-16-41(17-3-1)61-58-29-15-14-27-52(58)56-34-38(31-33-59(56)61)40-36-54(39-30-32-51-47-23-7-5-19-43(47)45-21-8-10-25-49(45)55(51)35-39)60-53-28-13-12-24-48(53)44-20-6-4-18-42(44)46-22-9-11-26-50(46)57(60)37-40/h1-37H. The SMILES string of the molecule is c1ccc(-n2c3ccccc3c3cc(-c4cc(-c5ccc6c7ccccc7c7ccccc7c6c5)c5c(c4)-c4ccccc4-c4ccccc4-c4ccccc4-5)ccc32)cc1. The number of fused-ring (bicyclic) bond motifs is 17. The van der Waals surface area contributed by atoms with E-state index in [1.807, 2.05) is 0 Å². The summed E-state index contributed by atoms with van der Waals surface area (Å²) in [6.07, 6.45) is 0. The second kappa shape index (κ2) is 13.3. The first-order valence-electron chi connectivity index (χ1n) is 21.2. The van der Waals surface area contributed by atoms with Crippen molar-refractivity contribution < 1.29 is 0 Å². The molecule has 12 aromatic rings. The average molecular weight is 772 g/mol. The van der Waals surface area contributed by atoms with Gasteiger partial charge in [0.05, 0.1) is 11.0 Å². The van der Waals surface area contributed by atoms with E-state index < -0.39 is 0 Å². The Morgan fingerprint density at radius 3 is 1.28 bits per heavy atom. The fraction of sp³-hybridized carbons (Fsp3) is 0. The maximum absolute atomic E-state index is 2.47. The number of hydrogen-bond donors (Lipinski definition) is 0.